The Labute approximate surface area is 119 Å². The third kappa shape index (κ3) is 2.25. The van der Waals surface area contributed by atoms with Gasteiger partial charge in [-0.05, 0) is 26.1 Å². The number of pyridine rings is 1. The van der Waals surface area contributed by atoms with Gasteiger partial charge in [0.15, 0.2) is 0 Å². The average Bonchev–Trinajstić information content (AvgIpc) is 2.27. The second-order valence-corrected chi connectivity index (χ2v) is 6.83. The number of nitrogens with one attached hydrogen (secondary N) is 1. The smallest absolute Gasteiger partial charge is 0.243 e. The summed E-state index contributed by atoms with van der Waals surface area (Å²) in [5, 5.41) is 0.804. The third-order valence-electron chi connectivity index (χ3n) is 2.55. The zero-order valence-corrected chi connectivity index (χ0v) is 12.8. The summed E-state index contributed by atoms with van der Waals surface area (Å²) < 4.78 is 26.9. The van der Waals surface area contributed by atoms with Crippen molar-refractivity contribution in [2.24, 2.45) is 0 Å². The normalized spacial score (nSPS) is 12.0. The predicted molar refractivity (Wildman–Crippen MR) is 75.4 cm³/mol. The second kappa shape index (κ2) is 4.77. The van der Waals surface area contributed by atoms with E-state index in [9.17, 15) is 8.42 Å². The molecule has 4 nitrogen and oxygen atoms in total. The summed E-state index contributed by atoms with van der Waals surface area (Å²) >= 11 is 9.53. The Morgan fingerprint density at radius 3 is 2.67 bits per heavy atom. The van der Waals surface area contributed by atoms with E-state index in [0.717, 1.165) is 4.47 Å². The first-order valence-corrected chi connectivity index (χ1v) is 7.71. The summed E-state index contributed by atoms with van der Waals surface area (Å²) in [6, 6.07) is 5.33. The van der Waals surface area contributed by atoms with Gasteiger partial charge in [-0.15, -0.1) is 0 Å². The van der Waals surface area contributed by atoms with Crippen molar-refractivity contribution in [3.05, 3.63) is 33.4 Å². The highest BCUT2D eigenvalue weighted by molar-refractivity contribution is 9.10. The van der Waals surface area contributed by atoms with Crippen LogP contribution in [0.1, 0.15) is 5.69 Å². The lowest BCUT2D eigenvalue weighted by atomic mass is 10.2. The van der Waals surface area contributed by atoms with E-state index >= 15 is 0 Å². The topological polar surface area (TPSA) is 59.1 Å². The molecule has 0 spiro atoms. The molecule has 1 aromatic carbocycles. The fourth-order valence-electron chi connectivity index (χ4n) is 1.71. The maximum atomic E-state index is 11.9. The highest BCUT2D eigenvalue weighted by Crippen LogP contribution is 2.32. The molecule has 1 heterocycles. The minimum absolute atomic E-state index is 0.0292. The zero-order valence-electron chi connectivity index (χ0n) is 9.66. The van der Waals surface area contributed by atoms with Crippen LogP contribution in [0.25, 0.3) is 10.9 Å². The van der Waals surface area contributed by atoms with E-state index in [1.54, 1.807) is 25.1 Å². The van der Waals surface area contributed by atoms with Gasteiger partial charge < -0.3 is 0 Å². The fraction of sp³-hybridized carbons (Fsp3) is 0.182. The molecule has 0 unspecified atom stereocenters. The first-order valence-electron chi connectivity index (χ1n) is 5.05. The molecule has 0 aliphatic carbocycles. The molecule has 7 heteroatoms. The van der Waals surface area contributed by atoms with Gasteiger partial charge in [0.1, 0.15) is 4.90 Å². The molecule has 18 heavy (non-hydrogen) atoms. The van der Waals surface area contributed by atoms with Gasteiger partial charge in [0.2, 0.25) is 10.0 Å². The molecule has 0 radical (unpaired) electrons. The lowest BCUT2D eigenvalue weighted by Crippen LogP contribution is -2.20. The molecule has 2 rings (SSSR count). The van der Waals surface area contributed by atoms with Crippen LogP contribution in [0.5, 0.6) is 0 Å². The lowest BCUT2D eigenvalue weighted by Gasteiger charge is -2.11. The predicted octanol–water partition coefficient (Wildman–Crippen LogP) is 2.87. The van der Waals surface area contributed by atoms with Gasteiger partial charge in [-0.25, -0.2) is 13.1 Å². The van der Waals surface area contributed by atoms with Crippen LogP contribution in [0.3, 0.4) is 0 Å². The number of fused-ring (bicyclic) bond motifs is 1. The number of benzene rings is 1. The molecule has 1 aromatic heterocycles. The summed E-state index contributed by atoms with van der Waals surface area (Å²) in [5.74, 6) is 0. The molecule has 1 N–H and O–H groups in total. The van der Waals surface area contributed by atoms with Gasteiger partial charge >= 0.3 is 0 Å². The Kier molecular flexibility index (Phi) is 3.64. The third-order valence-corrected chi connectivity index (χ3v) is 5.12. The van der Waals surface area contributed by atoms with Crippen molar-refractivity contribution >= 4 is 48.5 Å². The van der Waals surface area contributed by atoms with Gasteiger partial charge in [-0.2, -0.15) is 0 Å². The quantitative estimate of drug-likeness (QED) is 0.907. The number of nitrogens with zero attached hydrogens (tertiary/aromatic N) is 1. The first kappa shape index (κ1) is 13.7. The van der Waals surface area contributed by atoms with Crippen LogP contribution in [-0.2, 0) is 10.0 Å². The maximum absolute atomic E-state index is 11.9. The van der Waals surface area contributed by atoms with Crippen LogP contribution in [-0.4, -0.2) is 20.4 Å². The fourth-order valence-corrected chi connectivity index (χ4v) is 3.64. The van der Waals surface area contributed by atoms with Crippen LogP contribution in [0.4, 0.5) is 0 Å². The van der Waals surface area contributed by atoms with E-state index in [0.29, 0.717) is 16.6 Å². The lowest BCUT2D eigenvalue weighted by molar-refractivity contribution is 0.587. The van der Waals surface area contributed by atoms with Gasteiger partial charge in [0.25, 0.3) is 0 Å². The van der Waals surface area contributed by atoms with Gasteiger partial charge in [0.05, 0.1) is 16.2 Å². The minimum atomic E-state index is -3.62. The molecule has 0 bridgehead atoms. The van der Waals surface area contributed by atoms with Crippen molar-refractivity contribution in [2.75, 3.05) is 7.05 Å². The largest absolute Gasteiger partial charge is 0.252 e. The number of aromatic nitrogens is 1. The Morgan fingerprint density at radius 2 is 2.06 bits per heavy atom. The monoisotopic (exact) mass is 348 g/mol. The van der Waals surface area contributed by atoms with E-state index in [1.165, 1.54) is 7.05 Å². The van der Waals surface area contributed by atoms with Crippen molar-refractivity contribution < 1.29 is 8.42 Å². The van der Waals surface area contributed by atoms with Crippen molar-refractivity contribution in [1.82, 2.24) is 9.71 Å². The van der Waals surface area contributed by atoms with Crippen molar-refractivity contribution in [3.8, 4) is 0 Å². The van der Waals surface area contributed by atoms with Crippen LogP contribution >= 0.6 is 27.5 Å². The molecule has 0 aliphatic heterocycles. The number of halogens is 2. The summed E-state index contributed by atoms with van der Waals surface area (Å²) in [7, 11) is -2.27. The molecular formula is C11H10BrClN2O2S. The summed E-state index contributed by atoms with van der Waals surface area (Å²) in [5.41, 5.74) is 1.03. The van der Waals surface area contributed by atoms with E-state index in [-0.39, 0.29) is 9.92 Å². The molecule has 2 aromatic rings. The van der Waals surface area contributed by atoms with E-state index in [1.807, 2.05) is 0 Å². The minimum Gasteiger partial charge on any atom is -0.252 e. The second-order valence-electron chi connectivity index (χ2n) is 3.71. The molecule has 96 valence electrons. The van der Waals surface area contributed by atoms with Crippen molar-refractivity contribution in [3.63, 3.8) is 0 Å². The van der Waals surface area contributed by atoms with E-state index < -0.39 is 10.0 Å². The van der Waals surface area contributed by atoms with E-state index in [2.05, 4.69) is 25.6 Å². The van der Waals surface area contributed by atoms with Gasteiger partial charge in [-0.3, -0.25) is 4.98 Å². The molecule has 0 saturated heterocycles. The zero-order chi connectivity index (χ0) is 13.5. The number of aryl methyl sites for hydroxylation is 1. The summed E-state index contributed by atoms with van der Waals surface area (Å²) in [6.07, 6.45) is 0. The molecule has 0 aliphatic rings. The van der Waals surface area contributed by atoms with Crippen molar-refractivity contribution in [2.45, 2.75) is 11.8 Å². The standard InChI is InChI=1S/C11H10BrClN2O2S/c1-6-11(18(16,17)14-2)10(13)8-4-3-7(12)5-9(8)15-6/h3-5,14H,1-2H3. The highest BCUT2D eigenvalue weighted by Gasteiger charge is 2.22. The molecule has 0 saturated carbocycles. The van der Waals surface area contributed by atoms with Crippen LogP contribution in [0.15, 0.2) is 27.6 Å². The summed E-state index contributed by atoms with van der Waals surface area (Å²) in [4.78, 5) is 4.31. The van der Waals surface area contributed by atoms with Gasteiger partial charge in [0, 0.05) is 9.86 Å². The van der Waals surface area contributed by atoms with E-state index in [4.69, 9.17) is 11.6 Å². The molecular weight excluding hydrogens is 340 g/mol. The molecule has 0 atom stereocenters. The molecule has 0 fully saturated rings. The Balaban J connectivity index is 2.90. The Morgan fingerprint density at radius 1 is 1.39 bits per heavy atom. The first-order chi connectivity index (χ1) is 8.36. The van der Waals surface area contributed by atoms with Crippen LogP contribution < -0.4 is 4.72 Å². The SMILES string of the molecule is CNS(=O)(=O)c1c(C)nc2cc(Br)ccc2c1Cl. The number of hydrogen-bond acceptors (Lipinski definition) is 3. The van der Waals surface area contributed by atoms with Gasteiger partial charge in [-0.1, -0.05) is 33.6 Å². The number of sulfonamides is 1. The Hall–Kier alpha value is -0.690. The maximum Gasteiger partial charge on any atom is 0.243 e. The number of rotatable bonds is 2. The average molecular weight is 350 g/mol. The summed E-state index contributed by atoms with van der Waals surface area (Å²) in [6.45, 7) is 1.62. The van der Waals surface area contributed by atoms with Crippen LogP contribution in [0.2, 0.25) is 5.02 Å². The van der Waals surface area contributed by atoms with Crippen molar-refractivity contribution in [1.29, 1.82) is 0 Å². The Bertz CT molecular complexity index is 731. The molecule has 0 amide bonds. The van der Waals surface area contributed by atoms with Crippen LogP contribution in [0, 0.1) is 6.92 Å². The number of hydrogen-bond donors (Lipinski definition) is 1. The highest BCUT2D eigenvalue weighted by atomic mass is 79.9.